The number of piperidine rings is 1. The van der Waals surface area contributed by atoms with Crippen LogP contribution in [0, 0.1) is 0 Å². The Morgan fingerprint density at radius 1 is 1.38 bits per heavy atom. The predicted molar refractivity (Wildman–Crippen MR) is 96.6 cm³/mol. The molecule has 1 amide bonds. The summed E-state index contributed by atoms with van der Waals surface area (Å²) in [6, 6.07) is 1.98. The standard InChI is InChI=1S/C16H20BrN3O3S/c1-16(2,3)23-15(21)20-6-4-11(5-7-20)22-14-19-13-12(24-14)8-10(17)9-18-13/h8-9,11H,4-7H2,1-3H3. The van der Waals surface area contributed by atoms with Gasteiger partial charge >= 0.3 is 6.09 Å². The highest BCUT2D eigenvalue weighted by Crippen LogP contribution is 2.30. The normalized spacial score (nSPS) is 16.4. The van der Waals surface area contributed by atoms with Gasteiger partial charge in [-0.25, -0.2) is 9.78 Å². The average molecular weight is 414 g/mol. The number of fused-ring (bicyclic) bond motifs is 1. The fourth-order valence-electron chi connectivity index (χ4n) is 2.45. The van der Waals surface area contributed by atoms with Crippen molar-refractivity contribution in [1.82, 2.24) is 14.9 Å². The molecule has 3 heterocycles. The summed E-state index contributed by atoms with van der Waals surface area (Å²) in [4.78, 5) is 22.5. The second kappa shape index (κ2) is 6.84. The smallest absolute Gasteiger partial charge is 0.410 e. The van der Waals surface area contributed by atoms with Gasteiger partial charge in [-0.2, -0.15) is 4.98 Å². The second-order valence-corrected chi connectivity index (χ2v) is 8.65. The first-order valence-electron chi connectivity index (χ1n) is 7.87. The molecule has 0 bridgehead atoms. The van der Waals surface area contributed by atoms with Crippen LogP contribution in [0.15, 0.2) is 16.7 Å². The first-order valence-corrected chi connectivity index (χ1v) is 9.48. The van der Waals surface area contributed by atoms with Gasteiger partial charge in [0.15, 0.2) is 5.65 Å². The maximum Gasteiger partial charge on any atom is 0.410 e. The summed E-state index contributed by atoms with van der Waals surface area (Å²) in [5.74, 6) is 0. The molecule has 0 radical (unpaired) electrons. The molecule has 0 aromatic carbocycles. The van der Waals surface area contributed by atoms with Crippen molar-refractivity contribution in [3.63, 3.8) is 0 Å². The van der Waals surface area contributed by atoms with Gasteiger partial charge in [0.1, 0.15) is 11.7 Å². The van der Waals surface area contributed by atoms with Crippen LogP contribution in [0.3, 0.4) is 0 Å². The van der Waals surface area contributed by atoms with Crippen LogP contribution in [0.25, 0.3) is 10.3 Å². The lowest BCUT2D eigenvalue weighted by Crippen LogP contribution is -2.44. The van der Waals surface area contributed by atoms with Crippen LogP contribution >= 0.6 is 27.3 Å². The highest BCUT2D eigenvalue weighted by Gasteiger charge is 2.28. The predicted octanol–water partition coefficient (Wildman–Crippen LogP) is 4.23. The molecule has 2 aromatic rings. The molecular formula is C16H20BrN3O3S. The Hall–Kier alpha value is -1.41. The number of hydrogen-bond donors (Lipinski definition) is 0. The molecule has 1 aliphatic heterocycles. The first-order chi connectivity index (χ1) is 11.3. The molecule has 0 spiro atoms. The third-order valence-electron chi connectivity index (χ3n) is 3.56. The van der Waals surface area contributed by atoms with E-state index in [4.69, 9.17) is 9.47 Å². The van der Waals surface area contributed by atoms with Gasteiger partial charge in [-0.15, -0.1) is 0 Å². The molecule has 130 valence electrons. The van der Waals surface area contributed by atoms with Crippen LogP contribution in [-0.4, -0.2) is 45.8 Å². The fraction of sp³-hybridized carbons (Fsp3) is 0.562. The molecule has 0 unspecified atom stereocenters. The summed E-state index contributed by atoms with van der Waals surface area (Å²) >= 11 is 4.90. The SMILES string of the molecule is CC(C)(C)OC(=O)N1CCC(Oc2nc3ncc(Br)cc3s2)CC1. The summed E-state index contributed by atoms with van der Waals surface area (Å²) in [5, 5.41) is 0.631. The van der Waals surface area contributed by atoms with Gasteiger partial charge in [0, 0.05) is 36.6 Å². The van der Waals surface area contributed by atoms with E-state index in [9.17, 15) is 4.79 Å². The van der Waals surface area contributed by atoms with Crippen LogP contribution in [0.4, 0.5) is 4.79 Å². The van der Waals surface area contributed by atoms with Crippen LogP contribution in [0.1, 0.15) is 33.6 Å². The molecule has 1 saturated heterocycles. The Morgan fingerprint density at radius 2 is 2.08 bits per heavy atom. The Balaban J connectivity index is 1.55. The van der Waals surface area contributed by atoms with E-state index in [1.54, 1.807) is 11.1 Å². The van der Waals surface area contributed by atoms with E-state index in [1.807, 2.05) is 26.8 Å². The van der Waals surface area contributed by atoms with E-state index in [-0.39, 0.29) is 12.2 Å². The van der Waals surface area contributed by atoms with Gasteiger partial charge in [-0.1, -0.05) is 11.3 Å². The van der Waals surface area contributed by atoms with Gasteiger partial charge < -0.3 is 14.4 Å². The van der Waals surface area contributed by atoms with Crippen molar-refractivity contribution in [2.45, 2.75) is 45.3 Å². The molecule has 0 saturated carbocycles. The van der Waals surface area contributed by atoms with E-state index in [2.05, 4.69) is 25.9 Å². The third kappa shape index (κ3) is 4.36. The minimum Gasteiger partial charge on any atom is -0.467 e. The number of pyridine rings is 1. The molecule has 3 rings (SSSR count). The number of amides is 1. The number of nitrogens with zero attached hydrogens (tertiary/aromatic N) is 3. The van der Waals surface area contributed by atoms with Crippen molar-refractivity contribution in [3.8, 4) is 5.19 Å². The summed E-state index contributed by atoms with van der Waals surface area (Å²) in [5.41, 5.74) is 0.233. The number of aromatic nitrogens is 2. The van der Waals surface area contributed by atoms with Crippen molar-refractivity contribution >= 4 is 43.7 Å². The van der Waals surface area contributed by atoms with E-state index in [1.165, 1.54) is 11.3 Å². The van der Waals surface area contributed by atoms with Crippen molar-refractivity contribution in [2.24, 2.45) is 0 Å². The molecule has 8 heteroatoms. The monoisotopic (exact) mass is 413 g/mol. The average Bonchev–Trinajstić information content (AvgIpc) is 2.87. The van der Waals surface area contributed by atoms with E-state index < -0.39 is 5.60 Å². The third-order valence-corrected chi connectivity index (χ3v) is 4.87. The topological polar surface area (TPSA) is 64.5 Å². The lowest BCUT2D eigenvalue weighted by atomic mass is 10.1. The molecule has 0 atom stereocenters. The number of carbonyl (C=O) groups excluding carboxylic acids is 1. The quantitative estimate of drug-likeness (QED) is 0.736. The van der Waals surface area contributed by atoms with Gasteiger partial charge in [0.25, 0.3) is 5.19 Å². The van der Waals surface area contributed by atoms with Crippen molar-refractivity contribution in [2.75, 3.05) is 13.1 Å². The Bertz CT molecular complexity index is 736. The summed E-state index contributed by atoms with van der Waals surface area (Å²) < 4.78 is 13.3. The molecule has 0 aliphatic carbocycles. The number of likely N-dealkylation sites (tertiary alicyclic amines) is 1. The van der Waals surface area contributed by atoms with E-state index in [0.717, 1.165) is 22.0 Å². The maximum absolute atomic E-state index is 12.1. The van der Waals surface area contributed by atoms with Gasteiger partial charge in [-0.05, 0) is 42.8 Å². The second-order valence-electron chi connectivity index (χ2n) is 6.74. The Kier molecular flexibility index (Phi) is 4.96. The Labute approximate surface area is 153 Å². The lowest BCUT2D eigenvalue weighted by Gasteiger charge is -2.33. The maximum atomic E-state index is 12.1. The van der Waals surface area contributed by atoms with Crippen molar-refractivity contribution < 1.29 is 14.3 Å². The number of hydrogen-bond acceptors (Lipinski definition) is 6. The summed E-state index contributed by atoms with van der Waals surface area (Å²) in [6.07, 6.45) is 3.08. The molecule has 2 aromatic heterocycles. The van der Waals surface area contributed by atoms with Crippen LogP contribution in [0.5, 0.6) is 5.19 Å². The van der Waals surface area contributed by atoms with Gasteiger partial charge in [0.05, 0.1) is 4.70 Å². The number of ether oxygens (including phenoxy) is 2. The molecular weight excluding hydrogens is 394 g/mol. The minimum absolute atomic E-state index is 0.0627. The van der Waals surface area contributed by atoms with Gasteiger partial charge in [-0.3, -0.25) is 0 Å². The lowest BCUT2D eigenvalue weighted by molar-refractivity contribution is 0.0126. The zero-order valence-electron chi connectivity index (χ0n) is 13.9. The minimum atomic E-state index is -0.466. The number of rotatable bonds is 2. The summed E-state index contributed by atoms with van der Waals surface area (Å²) in [7, 11) is 0. The fourth-order valence-corrected chi connectivity index (χ4v) is 3.81. The number of carbonyl (C=O) groups is 1. The van der Waals surface area contributed by atoms with Crippen LogP contribution in [-0.2, 0) is 4.74 Å². The largest absolute Gasteiger partial charge is 0.467 e. The van der Waals surface area contributed by atoms with Crippen molar-refractivity contribution in [3.05, 3.63) is 16.7 Å². The van der Waals surface area contributed by atoms with Crippen LogP contribution < -0.4 is 4.74 Å². The molecule has 24 heavy (non-hydrogen) atoms. The van der Waals surface area contributed by atoms with E-state index >= 15 is 0 Å². The van der Waals surface area contributed by atoms with Crippen molar-refractivity contribution in [1.29, 1.82) is 0 Å². The number of thiazole rings is 1. The summed E-state index contributed by atoms with van der Waals surface area (Å²) in [6.45, 7) is 6.89. The zero-order chi connectivity index (χ0) is 17.3. The molecule has 0 N–H and O–H groups in total. The number of halogens is 1. The molecule has 1 aliphatic rings. The van der Waals surface area contributed by atoms with Gasteiger partial charge in [0.2, 0.25) is 0 Å². The van der Waals surface area contributed by atoms with Crippen LogP contribution in [0.2, 0.25) is 0 Å². The Morgan fingerprint density at radius 3 is 2.75 bits per heavy atom. The zero-order valence-corrected chi connectivity index (χ0v) is 16.3. The highest BCUT2D eigenvalue weighted by atomic mass is 79.9. The molecule has 1 fully saturated rings. The van der Waals surface area contributed by atoms with E-state index in [0.29, 0.717) is 23.9 Å². The first kappa shape index (κ1) is 17.4. The highest BCUT2D eigenvalue weighted by molar-refractivity contribution is 9.10. The molecule has 6 nitrogen and oxygen atoms in total.